The minimum Gasteiger partial charge on any atom is -0.314 e. The topological polar surface area (TPSA) is 20.3 Å². The number of fused-ring (bicyclic) bond motifs is 1. The van der Waals surface area contributed by atoms with Crippen LogP contribution in [0.25, 0.3) is 5.57 Å². The van der Waals surface area contributed by atoms with Crippen molar-refractivity contribution < 1.29 is 4.79 Å². The van der Waals surface area contributed by atoms with Crippen molar-refractivity contribution in [3.05, 3.63) is 35.9 Å². The van der Waals surface area contributed by atoms with Gasteiger partial charge in [0.25, 0.3) is 0 Å². The molecule has 3 heteroatoms. The molecule has 0 radical (unpaired) electrons. The van der Waals surface area contributed by atoms with Crippen LogP contribution in [0.5, 0.6) is 0 Å². The summed E-state index contributed by atoms with van der Waals surface area (Å²) >= 11 is 1.58. The molecule has 0 fully saturated rings. The number of allylic oxidation sites excluding steroid dienone is 1. The zero-order valence-corrected chi connectivity index (χ0v) is 10.5. The van der Waals surface area contributed by atoms with E-state index in [1.807, 2.05) is 31.5 Å². The number of hydrogen-bond donors (Lipinski definition) is 0. The Hall–Kier alpha value is -1.22. The molecule has 1 heterocycles. The maximum Gasteiger partial charge on any atom is 0.243 e. The fraction of sp³-hybridized carbons (Fsp3) is 0.308. The average Bonchev–Trinajstić information content (AvgIpc) is 2.41. The van der Waals surface area contributed by atoms with Crippen molar-refractivity contribution in [1.29, 1.82) is 0 Å². The third-order valence-electron chi connectivity index (χ3n) is 2.92. The quantitative estimate of drug-likeness (QED) is 0.743. The lowest BCUT2D eigenvalue weighted by atomic mass is 10.1. The Morgan fingerprint density at radius 1 is 1.31 bits per heavy atom. The smallest absolute Gasteiger partial charge is 0.243 e. The number of amides is 1. The van der Waals surface area contributed by atoms with Crippen LogP contribution in [0.3, 0.4) is 0 Å². The first-order valence-corrected chi connectivity index (χ1v) is 6.52. The van der Waals surface area contributed by atoms with Crippen LogP contribution in [0.4, 0.5) is 5.69 Å². The Bertz CT molecular complexity index is 453. The summed E-state index contributed by atoms with van der Waals surface area (Å²) in [6, 6.07) is 8.03. The van der Waals surface area contributed by atoms with Gasteiger partial charge in [-0.3, -0.25) is 4.79 Å². The maximum absolute atomic E-state index is 12.1. The van der Waals surface area contributed by atoms with E-state index in [2.05, 4.69) is 19.1 Å². The zero-order valence-electron chi connectivity index (χ0n) is 9.73. The molecule has 0 saturated carbocycles. The van der Waals surface area contributed by atoms with Gasteiger partial charge in [0.1, 0.15) is 5.25 Å². The monoisotopic (exact) mass is 233 g/mol. The minimum atomic E-state index is -0.0719. The van der Waals surface area contributed by atoms with Gasteiger partial charge in [0.15, 0.2) is 0 Å². The Balaban J connectivity index is 2.58. The highest BCUT2D eigenvalue weighted by Crippen LogP contribution is 2.32. The van der Waals surface area contributed by atoms with Crippen molar-refractivity contribution in [2.24, 2.45) is 0 Å². The van der Waals surface area contributed by atoms with Gasteiger partial charge < -0.3 is 4.90 Å². The van der Waals surface area contributed by atoms with E-state index < -0.39 is 0 Å². The first kappa shape index (κ1) is 11.3. The third kappa shape index (κ3) is 1.76. The van der Waals surface area contributed by atoms with Crippen molar-refractivity contribution in [1.82, 2.24) is 0 Å². The fourth-order valence-corrected chi connectivity index (χ4v) is 2.67. The molecule has 0 spiro atoms. The minimum absolute atomic E-state index is 0.0719. The molecule has 0 N–H and O–H groups in total. The van der Waals surface area contributed by atoms with Crippen LogP contribution < -0.4 is 4.90 Å². The van der Waals surface area contributed by atoms with E-state index in [9.17, 15) is 4.79 Å². The maximum atomic E-state index is 12.1. The van der Waals surface area contributed by atoms with Crippen molar-refractivity contribution >= 4 is 28.9 Å². The Morgan fingerprint density at radius 3 is 2.69 bits per heavy atom. The second kappa shape index (κ2) is 4.34. The third-order valence-corrected chi connectivity index (χ3v) is 3.77. The Labute approximate surface area is 100 Å². The van der Waals surface area contributed by atoms with E-state index in [-0.39, 0.29) is 11.2 Å². The number of carbonyl (C=O) groups excluding carboxylic acids is 1. The number of hydrogen-bond acceptors (Lipinski definition) is 2. The van der Waals surface area contributed by atoms with Gasteiger partial charge in [-0.25, -0.2) is 0 Å². The molecule has 2 nitrogen and oxygen atoms in total. The summed E-state index contributed by atoms with van der Waals surface area (Å²) in [6.07, 6.45) is 4.02. The van der Waals surface area contributed by atoms with Crippen LogP contribution >= 0.6 is 11.8 Å². The molecule has 0 aliphatic carbocycles. The number of thioether (sulfide) groups is 1. The van der Waals surface area contributed by atoms with E-state index in [0.29, 0.717) is 0 Å². The molecule has 1 aliphatic rings. The molecule has 1 aromatic rings. The number of rotatable bonds is 1. The molecule has 0 saturated heterocycles. The first-order chi connectivity index (χ1) is 7.65. The van der Waals surface area contributed by atoms with E-state index in [1.165, 1.54) is 5.57 Å². The van der Waals surface area contributed by atoms with Crippen molar-refractivity contribution in [3.63, 3.8) is 0 Å². The second-order valence-electron chi connectivity index (χ2n) is 3.92. The number of benzene rings is 1. The lowest BCUT2D eigenvalue weighted by Gasteiger charge is -2.20. The molecule has 0 bridgehead atoms. The number of anilines is 1. The van der Waals surface area contributed by atoms with Crippen LogP contribution in [0.15, 0.2) is 30.3 Å². The molecule has 1 unspecified atom stereocenters. The highest BCUT2D eigenvalue weighted by Gasteiger charge is 2.25. The molecular weight excluding hydrogens is 218 g/mol. The van der Waals surface area contributed by atoms with Gasteiger partial charge in [0.05, 0.1) is 5.69 Å². The van der Waals surface area contributed by atoms with Gasteiger partial charge in [-0.1, -0.05) is 24.3 Å². The van der Waals surface area contributed by atoms with Crippen molar-refractivity contribution in [2.45, 2.75) is 12.2 Å². The molecule has 84 valence electrons. The molecule has 0 aromatic heterocycles. The number of para-hydroxylation sites is 1. The summed E-state index contributed by atoms with van der Waals surface area (Å²) in [5, 5.41) is -0.0719. The molecule has 1 amide bonds. The average molecular weight is 233 g/mol. The summed E-state index contributed by atoms with van der Waals surface area (Å²) in [6.45, 7) is 2.06. The first-order valence-electron chi connectivity index (χ1n) is 5.23. The summed E-state index contributed by atoms with van der Waals surface area (Å²) in [7, 11) is 1.84. The van der Waals surface area contributed by atoms with E-state index >= 15 is 0 Å². The Morgan fingerprint density at radius 2 is 2.00 bits per heavy atom. The largest absolute Gasteiger partial charge is 0.314 e. The van der Waals surface area contributed by atoms with Gasteiger partial charge in [-0.05, 0) is 24.8 Å². The van der Waals surface area contributed by atoms with Crippen LogP contribution in [-0.2, 0) is 4.79 Å². The predicted molar refractivity (Wildman–Crippen MR) is 70.8 cm³/mol. The van der Waals surface area contributed by atoms with Gasteiger partial charge in [0, 0.05) is 12.6 Å². The van der Waals surface area contributed by atoms with Crippen LogP contribution in [-0.4, -0.2) is 24.5 Å². The molecule has 2 rings (SSSR count). The van der Waals surface area contributed by atoms with E-state index in [0.717, 1.165) is 11.3 Å². The van der Waals surface area contributed by atoms with Crippen molar-refractivity contribution in [3.8, 4) is 0 Å². The molecule has 1 aromatic carbocycles. The fourth-order valence-electron chi connectivity index (χ4n) is 1.97. The zero-order chi connectivity index (χ0) is 11.7. The molecular formula is C13H15NOS. The van der Waals surface area contributed by atoms with Gasteiger partial charge >= 0.3 is 0 Å². The second-order valence-corrected chi connectivity index (χ2v) is 4.90. The SMILES string of the molecule is CSC1C=C(C)c2ccccc2N(C)C1=O. The number of nitrogens with zero attached hydrogens (tertiary/aromatic N) is 1. The van der Waals surface area contributed by atoms with E-state index in [1.54, 1.807) is 16.7 Å². The highest BCUT2D eigenvalue weighted by molar-refractivity contribution is 8.00. The summed E-state index contributed by atoms with van der Waals surface area (Å²) in [5.74, 6) is 0.150. The normalized spacial score (nSPS) is 20.2. The van der Waals surface area contributed by atoms with Crippen LogP contribution in [0.1, 0.15) is 12.5 Å². The number of carbonyl (C=O) groups is 1. The summed E-state index contributed by atoms with van der Waals surface area (Å²) in [5.41, 5.74) is 3.32. The van der Waals surface area contributed by atoms with E-state index in [4.69, 9.17) is 0 Å². The molecule has 1 aliphatic heterocycles. The van der Waals surface area contributed by atoms with Gasteiger partial charge in [0.2, 0.25) is 5.91 Å². The van der Waals surface area contributed by atoms with Crippen LogP contribution in [0.2, 0.25) is 0 Å². The van der Waals surface area contributed by atoms with Gasteiger partial charge in [-0.15, -0.1) is 11.8 Å². The van der Waals surface area contributed by atoms with Crippen LogP contribution in [0, 0.1) is 0 Å². The van der Waals surface area contributed by atoms with Crippen molar-refractivity contribution in [2.75, 3.05) is 18.2 Å². The lowest BCUT2D eigenvalue weighted by molar-refractivity contribution is -0.117. The van der Waals surface area contributed by atoms with Gasteiger partial charge in [-0.2, -0.15) is 0 Å². The highest BCUT2D eigenvalue weighted by atomic mass is 32.2. The standard InChI is InChI=1S/C13H15NOS/c1-9-8-12(16-3)13(15)14(2)11-7-5-4-6-10(9)11/h4-8,12H,1-3H3. The summed E-state index contributed by atoms with van der Waals surface area (Å²) in [4.78, 5) is 13.9. The lowest BCUT2D eigenvalue weighted by Crippen LogP contribution is -2.32. The molecule has 16 heavy (non-hydrogen) atoms. The Kier molecular flexibility index (Phi) is 3.06. The summed E-state index contributed by atoms with van der Waals surface area (Å²) < 4.78 is 0. The predicted octanol–water partition coefficient (Wildman–Crippen LogP) is 2.80. The molecule has 1 atom stereocenters.